The van der Waals surface area contributed by atoms with Crippen molar-refractivity contribution in [1.29, 1.82) is 0 Å². The van der Waals surface area contributed by atoms with Gasteiger partial charge in [-0.2, -0.15) is 0 Å². The maximum atomic E-state index is 11.9. The van der Waals surface area contributed by atoms with Crippen molar-refractivity contribution >= 4 is 11.6 Å². The average molecular weight is 222 g/mol. The Labute approximate surface area is 95.7 Å². The SMILES string of the molecule is CNC(C(=O)Nc1cncnc1C)C(C)C. The monoisotopic (exact) mass is 222 g/mol. The first-order chi connectivity index (χ1) is 7.56. The van der Waals surface area contributed by atoms with Crippen molar-refractivity contribution < 1.29 is 4.79 Å². The summed E-state index contributed by atoms with van der Waals surface area (Å²) in [5, 5.41) is 5.80. The summed E-state index contributed by atoms with van der Waals surface area (Å²) < 4.78 is 0. The third-order valence-corrected chi connectivity index (χ3v) is 2.43. The molecule has 1 unspecified atom stereocenters. The maximum absolute atomic E-state index is 11.9. The molecular weight excluding hydrogens is 204 g/mol. The molecule has 0 saturated carbocycles. The summed E-state index contributed by atoms with van der Waals surface area (Å²) >= 11 is 0. The molecule has 1 heterocycles. The summed E-state index contributed by atoms with van der Waals surface area (Å²) in [5.74, 6) is 0.172. The number of aryl methyl sites for hydroxylation is 1. The van der Waals surface area contributed by atoms with Gasteiger partial charge in [-0.3, -0.25) is 4.79 Å². The van der Waals surface area contributed by atoms with Gasteiger partial charge in [0.25, 0.3) is 0 Å². The first-order valence-electron chi connectivity index (χ1n) is 5.31. The predicted octanol–water partition coefficient (Wildman–Crippen LogP) is 0.968. The van der Waals surface area contributed by atoms with Crippen LogP contribution in [0.3, 0.4) is 0 Å². The molecule has 0 spiro atoms. The lowest BCUT2D eigenvalue weighted by atomic mass is 10.0. The molecule has 0 fully saturated rings. The molecule has 5 nitrogen and oxygen atoms in total. The van der Waals surface area contributed by atoms with E-state index in [4.69, 9.17) is 0 Å². The number of amides is 1. The van der Waals surface area contributed by atoms with Crippen LogP contribution in [0.4, 0.5) is 5.69 Å². The van der Waals surface area contributed by atoms with E-state index in [9.17, 15) is 4.79 Å². The highest BCUT2D eigenvalue weighted by Crippen LogP contribution is 2.10. The fourth-order valence-electron chi connectivity index (χ4n) is 1.49. The van der Waals surface area contributed by atoms with E-state index in [1.165, 1.54) is 6.33 Å². The summed E-state index contributed by atoms with van der Waals surface area (Å²) in [4.78, 5) is 19.8. The Kier molecular flexibility index (Phi) is 4.37. The molecule has 88 valence electrons. The molecule has 1 amide bonds. The summed E-state index contributed by atoms with van der Waals surface area (Å²) in [6.07, 6.45) is 3.07. The number of hydrogen-bond acceptors (Lipinski definition) is 4. The smallest absolute Gasteiger partial charge is 0.241 e. The van der Waals surface area contributed by atoms with Crippen LogP contribution in [0, 0.1) is 12.8 Å². The molecule has 0 bridgehead atoms. The number of nitrogens with zero attached hydrogens (tertiary/aromatic N) is 2. The number of likely N-dealkylation sites (N-methyl/N-ethyl adjacent to an activating group) is 1. The normalized spacial score (nSPS) is 12.6. The van der Waals surface area contributed by atoms with E-state index < -0.39 is 0 Å². The van der Waals surface area contributed by atoms with Gasteiger partial charge in [0, 0.05) is 0 Å². The molecule has 0 aliphatic carbocycles. The third-order valence-electron chi connectivity index (χ3n) is 2.43. The second kappa shape index (κ2) is 5.55. The van der Waals surface area contributed by atoms with Crippen molar-refractivity contribution in [3.05, 3.63) is 18.2 Å². The van der Waals surface area contributed by atoms with Crippen LogP contribution in [0.5, 0.6) is 0 Å². The molecule has 0 saturated heterocycles. The zero-order valence-corrected chi connectivity index (χ0v) is 10.1. The van der Waals surface area contributed by atoms with Crippen LogP contribution in [0.2, 0.25) is 0 Å². The van der Waals surface area contributed by atoms with Crippen molar-refractivity contribution in [1.82, 2.24) is 15.3 Å². The van der Waals surface area contributed by atoms with Crippen molar-refractivity contribution in [2.45, 2.75) is 26.8 Å². The maximum Gasteiger partial charge on any atom is 0.241 e. The molecule has 0 aliphatic rings. The minimum absolute atomic E-state index is 0.0598. The fraction of sp³-hybridized carbons (Fsp3) is 0.545. The van der Waals surface area contributed by atoms with Crippen molar-refractivity contribution in [2.24, 2.45) is 5.92 Å². The largest absolute Gasteiger partial charge is 0.322 e. The highest BCUT2D eigenvalue weighted by atomic mass is 16.2. The number of carbonyl (C=O) groups excluding carboxylic acids is 1. The Morgan fingerprint density at radius 3 is 2.62 bits per heavy atom. The number of aromatic nitrogens is 2. The quantitative estimate of drug-likeness (QED) is 0.796. The van der Waals surface area contributed by atoms with Gasteiger partial charge in [-0.05, 0) is 19.9 Å². The molecule has 1 aromatic rings. The van der Waals surface area contributed by atoms with E-state index in [0.29, 0.717) is 5.69 Å². The zero-order chi connectivity index (χ0) is 12.1. The Bertz CT molecular complexity index is 365. The summed E-state index contributed by atoms with van der Waals surface area (Å²) in [6.45, 7) is 5.82. The predicted molar refractivity (Wildman–Crippen MR) is 63.1 cm³/mol. The second-order valence-electron chi connectivity index (χ2n) is 4.02. The first-order valence-corrected chi connectivity index (χ1v) is 5.31. The highest BCUT2D eigenvalue weighted by Gasteiger charge is 2.20. The lowest BCUT2D eigenvalue weighted by molar-refractivity contribution is -0.118. The van der Waals surface area contributed by atoms with Gasteiger partial charge >= 0.3 is 0 Å². The average Bonchev–Trinajstić information content (AvgIpc) is 2.22. The van der Waals surface area contributed by atoms with Crippen LogP contribution >= 0.6 is 0 Å². The topological polar surface area (TPSA) is 66.9 Å². The molecule has 1 rings (SSSR count). The number of carbonyl (C=O) groups is 1. The number of anilines is 1. The van der Waals surface area contributed by atoms with Gasteiger partial charge in [-0.25, -0.2) is 9.97 Å². The molecule has 5 heteroatoms. The lowest BCUT2D eigenvalue weighted by Crippen LogP contribution is -2.42. The van der Waals surface area contributed by atoms with Gasteiger partial charge in [0.05, 0.1) is 23.6 Å². The minimum Gasteiger partial charge on any atom is -0.322 e. The molecule has 2 N–H and O–H groups in total. The van der Waals surface area contributed by atoms with Crippen LogP contribution in [0.1, 0.15) is 19.5 Å². The van der Waals surface area contributed by atoms with Crippen LogP contribution in [0.25, 0.3) is 0 Å². The van der Waals surface area contributed by atoms with Gasteiger partial charge in [0.15, 0.2) is 0 Å². The lowest BCUT2D eigenvalue weighted by Gasteiger charge is -2.19. The fourth-order valence-corrected chi connectivity index (χ4v) is 1.49. The minimum atomic E-state index is -0.209. The molecular formula is C11H18N4O. The van der Waals surface area contributed by atoms with E-state index in [1.54, 1.807) is 13.2 Å². The van der Waals surface area contributed by atoms with Crippen LogP contribution < -0.4 is 10.6 Å². The van der Waals surface area contributed by atoms with Gasteiger partial charge in [-0.1, -0.05) is 13.8 Å². The second-order valence-corrected chi connectivity index (χ2v) is 4.02. The Hall–Kier alpha value is -1.49. The summed E-state index contributed by atoms with van der Waals surface area (Å²) in [7, 11) is 1.78. The molecule has 16 heavy (non-hydrogen) atoms. The first kappa shape index (κ1) is 12.6. The van der Waals surface area contributed by atoms with E-state index in [0.717, 1.165) is 5.69 Å². The van der Waals surface area contributed by atoms with E-state index in [1.807, 2.05) is 20.8 Å². The van der Waals surface area contributed by atoms with Crippen molar-refractivity contribution in [2.75, 3.05) is 12.4 Å². The number of hydrogen-bond donors (Lipinski definition) is 2. The number of rotatable bonds is 4. The standard InChI is InChI=1S/C11H18N4O/c1-7(2)10(12-4)11(16)15-9-5-13-6-14-8(9)3/h5-7,10,12H,1-4H3,(H,15,16). The van der Waals surface area contributed by atoms with Gasteiger partial charge in [0.1, 0.15) is 6.33 Å². The summed E-state index contributed by atoms with van der Waals surface area (Å²) in [5.41, 5.74) is 1.43. The van der Waals surface area contributed by atoms with E-state index >= 15 is 0 Å². The van der Waals surface area contributed by atoms with Crippen LogP contribution in [0.15, 0.2) is 12.5 Å². The summed E-state index contributed by atoms with van der Waals surface area (Å²) in [6, 6.07) is -0.209. The number of nitrogens with one attached hydrogen (secondary N) is 2. The van der Waals surface area contributed by atoms with Crippen LogP contribution in [-0.4, -0.2) is 29.0 Å². The molecule has 1 aromatic heterocycles. The highest BCUT2D eigenvalue weighted by molar-refractivity contribution is 5.95. The van der Waals surface area contributed by atoms with E-state index in [-0.39, 0.29) is 17.9 Å². The van der Waals surface area contributed by atoms with Crippen molar-refractivity contribution in [3.63, 3.8) is 0 Å². The molecule has 0 aliphatic heterocycles. The molecule has 1 atom stereocenters. The van der Waals surface area contributed by atoms with Crippen LogP contribution in [-0.2, 0) is 4.79 Å². The Balaban J connectivity index is 2.74. The van der Waals surface area contributed by atoms with Gasteiger partial charge < -0.3 is 10.6 Å². The Morgan fingerprint density at radius 1 is 1.44 bits per heavy atom. The Morgan fingerprint density at radius 2 is 2.12 bits per heavy atom. The zero-order valence-electron chi connectivity index (χ0n) is 10.1. The molecule has 0 aromatic carbocycles. The van der Waals surface area contributed by atoms with E-state index in [2.05, 4.69) is 20.6 Å². The van der Waals surface area contributed by atoms with Crippen molar-refractivity contribution in [3.8, 4) is 0 Å². The molecule has 0 radical (unpaired) electrons. The van der Waals surface area contributed by atoms with Gasteiger partial charge in [-0.15, -0.1) is 0 Å². The third kappa shape index (κ3) is 3.00. The van der Waals surface area contributed by atoms with Gasteiger partial charge in [0.2, 0.25) is 5.91 Å².